The van der Waals surface area contributed by atoms with Crippen molar-refractivity contribution in [3.05, 3.63) is 12.7 Å². The zero-order chi connectivity index (χ0) is 6.83. The van der Waals surface area contributed by atoms with Crippen LogP contribution in [0.25, 0.3) is 0 Å². The normalized spacial score (nSPS) is 5.62. The molecule has 0 atom stereocenters. The van der Waals surface area contributed by atoms with Gasteiger partial charge in [0.2, 0.25) is 0 Å². The van der Waals surface area contributed by atoms with Crippen LogP contribution in [-0.2, 0) is 9.59 Å². The second kappa shape index (κ2) is 16.6. The lowest BCUT2D eigenvalue weighted by Crippen LogP contribution is -1.90. The van der Waals surface area contributed by atoms with Crippen molar-refractivity contribution < 1.29 is 9.59 Å². The first-order chi connectivity index (χ1) is 3.83. The van der Waals surface area contributed by atoms with E-state index in [0.29, 0.717) is 6.54 Å². The van der Waals surface area contributed by atoms with Crippen LogP contribution in [0.5, 0.6) is 0 Å². The zero-order valence-corrected chi connectivity index (χ0v) is 4.54. The van der Waals surface area contributed by atoms with Crippen LogP contribution in [0.15, 0.2) is 12.7 Å². The van der Waals surface area contributed by atoms with Gasteiger partial charge in [-0.05, 0) is 0 Å². The largest absolute Gasteiger partial charge is 0.327 e. The molecule has 3 nitrogen and oxygen atoms in total. The Morgan fingerprint density at radius 3 is 1.62 bits per heavy atom. The average molecular weight is 115 g/mol. The monoisotopic (exact) mass is 115 g/mol. The van der Waals surface area contributed by atoms with Crippen LogP contribution in [0.2, 0.25) is 0 Å². The molecule has 0 fully saturated rings. The van der Waals surface area contributed by atoms with Crippen molar-refractivity contribution in [2.24, 2.45) is 5.73 Å². The van der Waals surface area contributed by atoms with Crippen molar-refractivity contribution in [1.29, 1.82) is 0 Å². The second-order valence-electron chi connectivity index (χ2n) is 0.797. The van der Waals surface area contributed by atoms with Crippen molar-refractivity contribution in [2.45, 2.75) is 0 Å². The Morgan fingerprint density at radius 2 is 1.62 bits per heavy atom. The molecule has 3 heteroatoms. The van der Waals surface area contributed by atoms with Gasteiger partial charge >= 0.3 is 0 Å². The van der Waals surface area contributed by atoms with E-state index in [0.717, 1.165) is 0 Å². The minimum atomic E-state index is 0.194. The van der Waals surface area contributed by atoms with Gasteiger partial charge in [-0.3, -0.25) is 9.59 Å². The predicted molar refractivity (Wildman–Crippen MR) is 31.4 cm³/mol. The Labute approximate surface area is 48.2 Å². The molecule has 0 aromatic heterocycles. The van der Waals surface area contributed by atoms with E-state index in [2.05, 4.69) is 6.58 Å². The van der Waals surface area contributed by atoms with Gasteiger partial charge < -0.3 is 5.73 Å². The van der Waals surface area contributed by atoms with E-state index < -0.39 is 0 Å². The van der Waals surface area contributed by atoms with Crippen molar-refractivity contribution >= 4 is 12.6 Å². The minimum absolute atomic E-state index is 0.194. The Bertz CT molecular complexity index is 64.8. The molecule has 0 spiro atoms. The number of hydrogen-bond acceptors (Lipinski definition) is 3. The third-order valence-electron chi connectivity index (χ3n) is 0.222. The van der Waals surface area contributed by atoms with Gasteiger partial charge in [-0.25, -0.2) is 0 Å². The summed E-state index contributed by atoms with van der Waals surface area (Å²) in [5.41, 5.74) is 4.91. The van der Waals surface area contributed by atoms with Gasteiger partial charge in [-0.15, -0.1) is 6.58 Å². The molecule has 2 N–H and O–H groups in total. The van der Waals surface area contributed by atoms with Crippen LogP contribution in [0.4, 0.5) is 0 Å². The van der Waals surface area contributed by atoms with Gasteiger partial charge in [0.15, 0.2) is 12.6 Å². The fourth-order valence-electron chi connectivity index (χ4n) is 0. The number of carbonyl (C=O) groups is 2. The highest BCUT2D eigenvalue weighted by atomic mass is 16.2. The molecular formula is C5H9NO2. The minimum Gasteiger partial charge on any atom is -0.327 e. The lowest BCUT2D eigenvalue weighted by atomic mass is 10.7. The van der Waals surface area contributed by atoms with Gasteiger partial charge in [0.1, 0.15) is 0 Å². The summed E-state index contributed by atoms with van der Waals surface area (Å²) < 4.78 is 0. The lowest BCUT2D eigenvalue weighted by Gasteiger charge is -1.61. The van der Waals surface area contributed by atoms with Crippen molar-refractivity contribution in [2.75, 3.05) is 6.54 Å². The highest BCUT2D eigenvalue weighted by Gasteiger charge is 1.47. The van der Waals surface area contributed by atoms with Gasteiger partial charge in [0.25, 0.3) is 0 Å². The molecule has 8 heavy (non-hydrogen) atoms. The maximum Gasteiger partial charge on any atom is 0.182 e. The molecule has 0 unspecified atom stereocenters. The molecule has 0 radical (unpaired) electrons. The van der Waals surface area contributed by atoms with E-state index in [9.17, 15) is 0 Å². The molecular weight excluding hydrogens is 106 g/mol. The summed E-state index contributed by atoms with van der Waals surface area (Å²) >= 11 is 0. The Kier molecular flexibility index (Phi) is 21.0. The molecule has 0 rings (SSSR count). The summed E-state index contributed by atoms with van der Waals surface area (Å²) in [6, 6.07) is 0. The number of rotatable bonds is 2. The Hall–Kier alpha value is -0.960. The van der Waals surface area contributed by atoms with E-state index in [-0.39, 0.29) is 12.6 Å². The lowest BCUT2D eigenvalue weighted by molar-refractivity contribution is -0.122. The fraction of sp³-hybridized carbons (Fsp3) is 0.200. The van der Waals surface area contributed by atoms with Gasteiger partial charge in [0, 0.05) is 6.54 Å². The van der Waals surface area contributed by atoms with E-state index in [1.165, 1.54) is 0 Å². The average Bonchev–Trinajstić information content (AvgIpc) is 1.88. The predicted octanol–water partition coefficient (Wildman–Crippen LogP) is -0.485. The molecule has 0 aliphatic carbocycles. The molecule has 46 valence electrons. The summed E-state index contributed by atoms with van der Waals surface area (Å²) in [4.78, 5) is 17.6. The summed E-state index contributed by atoms with van der Waals surface area (Å²) in [5, 5.41) is 0. The zero-order valence-electron chi connectivity index (χ0n) is 4.54. The van der Waals surface area contributed by atoms with Crippen molar-refractivity contribution in [3.8, 4) is 0 Å². The summed E-state index contributed by atoms with van der Waals surface area (Å²) in [7, 11) is 0. The van der Waals surface area contributed by atoms with Crippen molar-refractivity contribution in [1.82, 2.24) is 0 Å². The van der Waals surface area contributed by atoms with Gasteiger partial charge in [-0.1, -0.05) is 6.08 Å². The Morgan fingerprint density at radius 1 is 1.38 bits per heavy atom. The quantitative estimate of drug-likeness (QED) is 0.300. The SMILES string of the molecule is C=CCN.O=CC=O. The van der Waals surface area contributed by atoms with Crippen LogP contribution in [0, 0.1) is 0 Å². The molecule has 0 aliphatic heterocycles. The highest BCUT2D eigenvalue weighted by molar-refractivity contribution is 6.09. The molecule has 0 saturated heterocycles. The molecule has 0 amide bonds. The highest BCUT2D eigenvalue weighted by Crippen LogP contribution is 1.40. The molecule has 0 aromatic rings. The van der Waals surface area contributed by atoms with E-state index in [4.69, 9.17) is 15.3 Å². The summed E-state index contributed by atoms with van der Waals surface area (Å²) in [5.74, 6) is 0. The molecule has 0 saturated carbocycles. The van der Waals surface area contributed by atoms with Crippen LogP contribution in [0.3, 0.4) is 0 Å². The van der Waals surface area contributed by atoms with E-state index in [1.54, 1.807) is 6.08 Å². The third-order valence-corrected chi connectivity index (χ3v) is 0.222. The first-order valence-electron chi connectivity index (χ1n) is 2.03. The molecule has 0 bridgehead atoms. The first kappa shape index (κ1) is 10.1. The summed E-state index contributed by atoms with van der Waals surface area (Å²) in [6.45, 7) is 3.94. The first-order valence-corrected chi connectivity index (χ1v) is 2.03. The Balaban J connectivity index is 0. The number of hydrogen-bond donors (Lipinski definition) is 1. The van der Waals surface area contributed by atoms with Gasteiger partial charge in [-0.2, -0.15) is 0 Å². The maximum atomic E-state index is 8.81. The molecule has 0 heterocycles. The van der Waals surface area contributed by atoms with Crippen LogP contribution in [-0.4, -0.2) is 19.1 Å². The smallest absolute Gasteiger partial charge is 0.182 e. The number of nitrogens with two attached hydrogens (primary N) is 1. The fourth-order valence-corrected chi connectivity index (χ4v) is 0. The molecule has 0 aliphatic rings. The van der Waals surface area contributed by atoms with Crippen molar-refractivity contribution in [3.63, 3.8) is 0 Å². The van der Waals surface area contributed by atoms with Crippen LogP contribution >= 0.6 is 0 Å². The molecule has 0 aromatic carbocycles. The van der Waals surface area contributed by atoms with E-state index in [1.807, 2.05) is 0 Å². The third kappa shape index (κ3) is 76.1. The maximum absolute atomic E-state index is 8.81. The van der Waals surface area contributed by atoms with Crippen LogP contribution < -0.4 is 5.73 Å². The van der Waals surface area contributed by atoms with Gasteiger partial charge in [0.05, 0.1) is 0 Å². The summed E-state index contributed by atoms with van der Waals surface area (Å²) in [6.07, 6.45) is 2.04. The van der Waals surface area contributed by atoms with E-state index >= 15 is 0 Å². The standard InChI is InChI=1S/C3H7N.C2H2O2/c1-2-3-4;3-1-2-4/h2H,1,3-4H2;1-2H. The number of carbonyl (C=O) groups excluding carboxylic acids is 2. The van der Waals surface area contributed by atoms with Crippen LogP contribution in [0.1, 0.15) is 0 Å². The second-order valence-corrected chi connectivity index (χ2v) is 0.797. The topological polar surface area (TPSA) is 60.2 Å². The number of aldehydes is 2.